The number of anilines is 1. The lowest BCUT2D eigenvalue weighted by Gasteiger charge is -2.23. The molecule has 0 radical (unpaired) electrons. The Morgan fingerprint density at radius 1 is 1.09 bits per heavy atom. The number of nitrogens with zero attached hydrogens (tertiary/aromatic N) is 1. The molecule has 3 rings (SSSR count). The summed E-state index contributed by atoms with van der Waals surface area (Å²) in [5.41, 5.74) is 13.0. The molecule has 23 heavy (non-hydrogen) atoms. The van der Waals surface area contributed by atoms with Crippen LogP contribution >= 0.6 is 0 Å². The summed E-state index contributed by atoms with van der Waals surface area (Å²) in [6, 6.07) is 15.0. The third-order valence-corrected chi connectivity index (χ3v) is 4.92. The van der Waals surface area contributed by atoms with E-state index in [9.17, 15) is 8.42 Å². The Bertz CT molecular complexity index is 825. The van der Waals surface area contributed by atoms with E-state index in [-0.39, 0.29) is 0 Å². The van der Waals surface area contributed by atoms with Crippen molar-refractivity contribution in [2.75, 3.05) is 17.8 Å². The zero-order valence-corrected chi connectivity index (χ0v) is 13.7. The van der Waals surface area contributed by atoms with Crippen LogP contribution in [0.25, 0.3) is 5.70 Å². The van der Waals surface area contributed by atoms with E-state index in [1.165, 1.54) is 6.26 Å². The van der Waals surface area contributed by atoms with Crippen molar-refractivity contribution in [1.29, 1.82) is 0 Å². The molecule has 0 spiro atoms. The van der Waals surface area contributed by atoms with Gasteiger partial charge in [0.2, 0.25) is 0 Å². The minimum atomic E-state index is -3.18. The van der Waals surface area contributed by atoms with Crippen LogP contribution in [0.5, 0.6) is 0 Å². The minimum absolute atomic E-state index is 0.318. The Labute approximate surface area is 136 Å². The molecule has 0 bridgehead atoms. The largest absolute Gasteiger partial charge is 0.326 e. The summed E-state index contributed by atoms with van der Waals surface area (Å²) < 4.78 is 23.1. The first-order chi connectivity index (χ1) is 11.0. The zero-order valence-electron chi connectivity index (χ0n) is 12.9. The van der Waals surface area contributed by atoms with E-state index in [1.807, 2.05) is 29.3 Å². The highest BCUT2D eigenvalue weighted by Gasteiger charge is 2.18. The van der Waals surface area contributed by atoms with Gasteiger partial charge in [0.25, 0.3) is 0 Å². The van der Waals surface area contributed by atoms with Gasteiger partial charge < -0.3 is 5.73 Å². The fraction of sp³-hybridized carbons (Fsp3) is 0.176. The van der Waals surface area contributed by atoms with Crippen molar-refractivity contribution in [3.63, 3.8) is 0 Å². The molecule has 0 saturated heterocycles. The van der Waals surface area contributed by atoms with Gasteiger partial charge in [0.15, 0.2) is 9.84 Å². The fourth-order valence-corrected chi connectivity index (χ4v) is 3.17. The van der Waals surface area contributed by atoms with Gasteiger partial charge in [0.05, 0.1) is 16.3 Å². The lowest BCUT2D eigenvalue weighted by molar-refractivity contribution is 0.602. The molecule has 0 saturated carbocycles. The van der Waals surface area contributed by atoms with Gasteiger partial charge in [0, 0.05) is 19.3 Å². The highest BCUT2D eigenvalue weighted by molar-refractivity contribution is 7.90. The predicted molar refractivity (Wildman–Crippen MR) is 92.3 cm³/mol. The molecular formula is C17H19N3O2S. The first-order valence-corrected chi connectivity index (χ1v) is 9.21. The highest BCUT2D eigenvalue weighted by Crippen LogP contribution is 2.28. The molecule has 120 valence electrons. The van der Waals surface area contributed by atoms with Gasteiger partial charge >= 0.3 is 0 Å². The molecule has 1 aliphatic heterocycles. The number of nitrogens with one attached hydrogen (secondary N) is 1. The number of nitrogens with two attached hydrogens (primary N) is 1. The Kier molecular flexibility index (Phi) is 4.21. The van der Waals surface area contributed by atoms with Crippen molar-refractivity contribution in [3.8, 4) is 0 Å². The molecule has 1 heterocycles. The predicted octanol–water partition coefficient (Wildman–Crippen LogP) is 1.91. The summed E-state index contributed by atoms with van der Waals surface area (Å²) in [5, 5.41) is 1.96. The molecule has 0 fully saturated rings. The SMILES string of the molecule is CS(=O)(=O)c1ccc(N2NCC=C2c2ccc(CN)cc2)cc1. The second-order valence-corrected chi connectivity index (χ2v) is 7.47. The van der Waals surface area contributed by atoms with Gasteiger partial charge in [-0.3, -0.25) is 5.01 Å². The monoisotopic (exact) mass is 329 g/mol. The average Bonchev–Trinajstić information content (AvgIpc) is 3.04. The summed E-state index contributed by atoms with van der Waals surface area (Å²) in [6.45, 7) is 1.25. The number of rotatable bonds is 4. The maximum Gasteiger partial charge on any atom is 0.175 e. The van der Waals surface area contributed by atoms with Crippen molar-refractivity contribution in [1.82, 2.24) is 5.43 Å². The molecule has 0 unspecified atom stereocenters. The van der Waals surface area contributed by atoms with E-state index in [4.69, 9.17) is 5.73 Å². The van der Waals surface area contributed by atoms with E-state index >= 15 is 0 Å². The third kappa shape index (κ3) is 3.29. The molecule has 0 aliphatic carbocycles. The van der Waals surface area contributed by atoms with Crippen molar-refractivity contribution in [2.24, 2.45) is 5.73 Å². The van der Waals surface area contributed by atoms with Crippen molar-refractivity contribution >= 4 is 21.2 Å². The van der Waals surface area contributed by atoms with Crippen molar-refractivity contribution < 1.29 is 8.42 Å². The Morgan fingerprint density at radius 2 is 1.74 bits per heavy atom. The van der Waals surface area contributed by atoms with Crippen LogP contribution in [0, 0.1) is 0 Å². The zero-order chi connectivity index (χ0) is 16.4. The Balaban J connectivity index is 1.89. The van der Waals surface area contributed by atoms with Gasteiger partial charge in [-0.15, -0.1) is 0 Å². The molecule has 1 aliphatic rings. The number of sulfone groups is 1. The van der Waals surface area contributed by atoms with Gasteiger partial charge in [-0.1, -0.05) is 24.3 Å². The second-order valence-electron chi connectivity index (χ2n) is 5.45. The first kappa shape index (κ1) is 15.7. The highest BCUT2D eigenvalue weighted by atomic mass is 32.2. The number of benzene rings is 2. The number of hydrazine groups is 1. The van der Waals surface area contributed by atoms with Crippen LogP contribution in [0.15, 0.2) is 59.5 Å². The van der Waals surface area contributed by atoms with Crippen LogP contribution in [0.4, 0.5) is 5.69 Å². The van der Waals surface area contributed by atoms with E-state index < -0.39 is 9.84 Å². The molecule has 6 heteroatoms. The summed E-state index contributed by atoms with van der Waals surface area (Å²) >= 11 is 0. The van der Waals surface area contributed by atoms with Crippen molar-refractivity contribution in [2.45, 2.75) is 11.4 Å². The number of hydrogen-bond donors (Lipinski definition) is 2. The topological polar surface area (TPSA) is 75.4 Å². The quantitative estimate of drug-likeness (QED) is 0.896. The van der Waals surface area contributed by atoms with Crippen LogP contribution in [0.1, 0.15) is 11.1 Å². The molecule has 0 atom stereocenters. The summed E-state index contributed by atoms with van der Waals surface area (Å²) in [4.78, 5) is 0.318. The normalized spacial score (nSPS) is 14.9. The molecule has 0 aromatic heterocycles. The van der Waals surface area contributed by atoms with Gasteiger partial charge in [-0.05, 0) is 41.5 Å². The molecule has 5 nitrogen and oxygen atoms in total. The molecule has 3 N–H and O–H groups in total. The van der Waals surface area contributed by atoms with Crippen molar-refractivity contribution in [3.05, 3.63) is 65.7 Å². The van der Waals surface area contributed by atoms with E-state index in [0.717, 1.165) is 29.1 Å². The Hall–Kier alpha value is -2.15. The Morgan fingerprint density at radius 3 is 2.30 bits per heavy atom. The molecule has 2 aromatic rings. The van der Waals surface area contributed by atoms with E-state index in [1.54, 1.807) is 24.3 Å². The molecular weight excluding hydrogens is 310 g/mol. The molecule has 0 amide bonds. The van der Waals surface area contributed by atoms with Crippen LogP contribution in [-0.2, 0) is 16.4 Å². The third-order valence-electron chi connectivity index (χ3n) is 3.79. The maximum atomic E-state index is 11.6. The summed E-state index contributed by atoms with van der Waals surface area (Å²) in [6.07, 6.45) is 3.31. The maximum absolute atomic E-state index is 11.6. The van der Waals surface area contributed by atoms with Gasteiger partial charge in [-0.25, -0.2) is 13.8 Å². The van der Waals surface area contributed by atoms with E-state index in [2.05, 4.69) is 11.5 Å². The van der Waals surface area contributed by atoms with Gasteiger partial charge in [0.1, 0.15) is 0 Å². The van der Waals surface area contributed by atoms with Crippen LogP contribution in [-0.4, -0.2) is 21.2 Å². The average molecular weight is 329 g/mol. The first-order valence-electron chi connectivity index (χ1n) is 7.32. The summed E-state index contributed by atoms with van der Waals surface area (Å²) in [7, 11) is -3.18. The van der Waals surface area contributed by atoms with Gasteiger partial charge in [-0.2, -0.15) is 0 Å². The van der Waals surface area contributed by atoms with Crippen LogP contribution in [0.3, 0.4) is 0 Å². The van der Waals surface area contributed by atoms with Crippen LogP contribution in [0.2, 0.25) is 0 Å². The fourth-order valence-electron chi connectivity index (χ4n) is 2.54. The minimum Gasteiger partial charge on any atom is -0.326 e. The second kappa shape index (κ2) is 6.16. The number of hydrogen-bond acceptors (Lipinski definition) is 5. The standard InChI is InChI=1S/C17H19N3O2S/c1-23(21,22)16-8-6-15(7-9-16)20-17(10-11-19-20)14-4-2-13(12-18)3-5-14/h2-10,19H,11-12,18H2,1H3. The summed E-state index contributed by atoms with van der Waals surface area (Å²) in [5.74, 6) is 0. The molecule has 2 aromatic carbocycles. The smallest absolute Gasteiger partial charge is 0.175 e. The lowest BCUT2D eigenvalue weighted by atomic mass is 10.1. The van der Waals surface area contributed by atoms with E-state index in [0.29, 0.717) is 11.4 Å². The van der Waals surface area contributed by atoms with Crippen LogP contribution < -0.4 is 16.2 Å². The lowest BCUT2D eigenvalue weighted by Crippen LogP contribution is -2.31.